The Morgan fingerprint density at radius 3 is 2.84 bits per heavy atom. The number of esters is 1. The summed E-state index contributed by atoms with van der Waals surface area (Å²) in [6, 6.07) is 0. The zero-order valence-corrected chi connectivity index (χ0v) is 15.5. The highest BCUT2D eigenvalue weighted by Crippen LogP contribution is 2.27. The van der Waals surface area contributed by atoms with E-state index in [0.717, 1.165) is 39.3 Å². The summed E-state index contributed by atoms with van der Waals surface area (Å²) in [5, 5.41) is 11.4. The Labute approximate surface area is 153 Å². The average Bonchev–Trinajstić information content (AvgIpc) is 2.59. The van der Waals surface area contributed by atoms with Crippen LogP contribution < -0.4 is 5.32 Å². The minimum Gasteiger partial charge on any atom is -0.462 e. The van der Waals surface area contributed by atoms with Crippen LogP contribution >= 0.6 is 11.6 Å². The number of aromatic nitrogens is 1. The van der Waals surface area contributed by atoms with Crippen LogP contribution in [-0.4, -0.2) is 67.6 Å². The fraction of sp³-hybridized carbons (Fsp3) is 0.588. The minimum absolute atomic E-state index is 0.184. The molecule has 0 bridgehead atoms. The number of hydrogen-bond acceptors (Lipinski definition) is 7. The lowest BCUT2D eigenvalue weighted by Gasteiger charge is -2.26. The van der Waals surface area contributed by atoms with Gasteiger partial charge in [0.15, 0.2) is 0 Å². The summed E-state index contributed by atoms with van der Waals surface area (Å²) in [5.41, 5.74) is 0.877. The third-order valence-corrected chi connectivity index (χ3v) is 4.33. The molecular formula is C17H25ClN4O3. The highest BCUT2D eigenvalue weighted by molar-refractivity contribution is 6.37. The number of carbonyl (C=O) groups is 1. The summed E-state index contributed by atoms with van der Waals surface area (Å²) >= 11 is 6.33. The van der Waals surface area contributed by atoms with E-state index in [0.29, 0.717) is 17.9 Å². The Balaban J connectivity index is 2.00. The van der Waals surface area contributed by atoms with Gasteiger partial charge in [-0.3, -0.25) is 4.90 Å². The van der Waals surface area contributed by atoms with Crippen molar-refractivity contribution in [2.24, 2.45) is 0 Å². The van der Waals surface area contributed by atoms with Gasteiger partial charge in [-0.2, -0.15) is 0 Å². The van der Waals surface area contributed by atoms with Crippen molar-refractivity contribution in [3.8, 4) is 0 Å². The number of rotatable bonds is 8. The van der Waals surface area contributed by atoms with E-state index in [9.17, 15) is 4.79 Å². The number of nitrogens with zero attached hydrogens (tertiary/aromatic N) is 2. The maximum Gasteiger partial charge on any atom is 0.341 e. The molecule has 0 aromatic carbocycles. The van der Waals surface area contributed by atoms with Gasteiger partial charge in [-0.25, -0.2) is 9.78 Å². The van der Waals surface area contributed by atoms with Gasteiger partial charge >= 0.3 is 5.97 Å². The first-order valence-corrected chi connectivity index (χ1v) is 8.87. The van der Waals surface area contributed by atoms with Crippen molar-refractivity contribution < 1.29 is 14.3 Å². The molecule has 1 aromatic rings. The molecule has 0 aliphatic carbocycles. The molecule has 1 fully saturated rings. The zero-order chi connectivity index (χ0) is 18.2. The van der Waals surface area contributed by atoms with Crippen molar-refractivity contribution >= 4 is 29.1 Å². The highest BCUT2D eigenvalue weighted by atomic mass is 35.5. The molecule has 1 aromatic heterocycles. The number of ether oxygens (including phenoxy) is 2. The predicted octanol–water partition coefficient (Wildman–Crippen LogP) is 2.43. The second-order valence-electron chi connectivity index (χ2n) is 5.79. The quantitative estimate of drug-likeness (QED) is 0.416. The molecule has 2 heterocycles. The second-order valence-corrected chi connectivity index (χ2v) is 6.17. The lowest BCUT2D eigenvalue weighted by molar-refractivity contribution is 0.0378. The summed E-state index contributed by atoms with van der Waals surface area (Å²) in [6.07, 6.45) is 2.34. The normalized spacial score (nSPS) is 15.0. The summed E-state index contributed by atoms with van der Waals surface area (Å²) in [5.74, 6) is -0.00565. The molecule has 2 rings (SSSR count). The highest BCUT2D eigenvalue weighted by Gasteiger charge is 2.20. The third-order valence-electron chi connectivity index (χ3n) is 3.93. The molecule has 1 aliphatic rings. The molecule has 0 spiro atoms. The first kappa shape index (κ1) is 19.6. The van der Waals surface area contributed by atoms with E-state index in [2.05, 4.69) is 15.2 Å². The maximum atomic E-state index is 11.9. The minimum atomic E-state index is -0.527. The summed E-state index contributed by atoms with van der Waals surface area (Å²) in [4.78, 5) is 18.6. The molecule has 8 heteroatoms. The van der Waals surface area contributed by atoms with E-state index in [1.165, 1.54) is 6.20 Å². The van der Waals surface area contributed by atoms with Crippen molar-refractivity contribution in [1.29, 1.82) is 5.41 Å². The Kier molecular flexibility index (Phi) is 7.61. The van der Waals surface area contributed by atoms with Crippen molar-refractivity contribution in [2.75, 3.05) is 51.3 Å². The fourth-order valence-corrected chi connectivity index (χ4v) is 3.01. The SMILES string of the molecule is CCOC(=O)c1cnc(NCCCN2CCOCC2)c(C(C)=N)c1Cl. The van der Waals surface area contributed by atoms with Crippen LogP contribution in [0.5, 0.6) is 0 Å². The lowest BCUT2D eigenvalue weighted by Crippen LogP contribution is -2.37. The van der Waals surface area contributed by atoms with Gasteiger partial charge in [0.05, 0.1) is 36.0 Å². The van der Waals surface area contributed by atoms with Gasteiger partial charge in [0.25, 0.3) is 0 Å². The van der Waals surface area contributed by atoms with Crippen LogP contribution in [0.1, 0.15) is 36.2 Å². The largest absolute Gasteiger partial charge is 0.462 e. The Hall–Kier alpha value is -1.70. The zero-order valence-electron chi connectivity index (χ0n) is 14.7. The van der Waals surface area contributed by atoms with Crippen LogP contribution in [0.15, 0.2) is 6.20 Å². The molecule has 0 unspecified atom stereocenters. The second kappa shape index (κ2) is 9.70. The molecule has 0 amide bonds. The number of morpholine rings is 1. The molecule has 138 valence electrons. The summed E-state index contributed by atoms with van der Waals surface area (Å²) < 4.78 is 10.3. The average molecular weight is 369 g/mol. The molecule has 7 nitrogen and oxygen atoms in total. The van der Waals surface area contributed by atoms with E-state index in [1.807, 2.05) is 0 Å². The smallest absolute Gasteiger partial charge is 0.341 e. The molecular weight excluding hydrogens is 344 g/mol. The standard InChI is InChI=1S/C17H25ClN4O3/c1-3-25-17(23)13-11-21-16(14(12(2)19)15(13)18)20-5-4-6-22-7-9-24-10-8-22/h11,19H,3-10H2,1-2H3,(H,20,21). The van der Waals surface area contributed by atoms with Crippen molar-refractivity contribution in [3.63, 3.8) is 0 Å². The van der Waals surface area contributed by atoms with E-state index < -0.39 is 5.97 Å². The maximum absolute atomic E-state index is 11.9. The number of nitrogens with one attached hydrogen (secondary N) is 2. The Morgan fingerprint density at radius 2 is 2.20 bits per heavy atom. The van der Waals surface area contributed by atoms with Gasteiger partial charge in [0.1, 0.15) is 5.82 Å². The third kappa shape index (κ3) is 5.39. The molecule has 2 N–H and O–H groups in total. The van der Waals surface area contributed by atoms with Gasteiger partial charge in [-0.1, -0.05) is 11.6 Å². The van der Waals surface area contributed by atoms with E-state index in [1.54, 1.807) is 13.8 Å². The summed E-state index contributed by atoms with van der Waals surface area (Å²) in [7, 11) is 0. The van der Waals surface area contributed by atoms with Gasteiger partial charge < -0.3 is 20.2 Å². The Bertz CT molecular complexity index is 618. The van der Waals surface area contributed by atoms with Crippen LogP contribution in [0.4, 0.5) is 5.82 Å². The van der Waals surface area contributed by atoms with E-state index in [-0.39, 0.29) is 22.9 Å². The fourth-order valence-electron chi connectivity index (χ4n) is 2.65. The predicted molar refractivity (Wildman–Crippen MR) is 98.1 cm³/mol. The molecule has 1 saturated heterocycles. The molecule has 0 atom stereocenters. The van der Waals surface area contributed by atoms with Gasteiger partial charge in [-0.05, 0) is 26.8 Å². The first-order chi connectivity index (χ1) is 12.0. The van der Waals surface area contributed by atoms with Crippen LogP contribution in [0.3, 0.4) is 0 Å². The molecule has 1 aliphatic heterocycles. The number of anilines is 1. The summed E-state index contributed by atoms with van der Waals surface area (Å²) in [6.45, 7) is 8.79. The molecule has 0 saturated carbocycles. The van der Waals surface area contributed by atoms with E-state index in [4.69, 9.17) is 26.5 Å². The number of carbonyl (C=O) groups excluding carboxylic acids is 1. The van der Waals surface area contributed by atoms with Crippen LogP contribution in [0, 0.1) is 5.41 Å². The lowest BCUT2D eigenvalue weighted by atomic mass is 10.1. The van der Waals surface area contributed by atoms with Crippen LogP contribution in [-0.2, 0) is 9.47 Å². The van der Waals surface area contributed by atoms with Crippen molar-refractivity contribution in [3.05, 3.63) is 22.3 Å². The monoisotopic (exact) mass is 368 g/mol. The number of hydrogen-bond donors (Lipinski definition) is 2. The van der Waals surface area contributed by atoms with Gasteiger partial charge in [0, 0.05) is 31.5 Å². The first-order valence-electron chi connectivity index (χ1n) is 8.49. The number of halogens is 1. The van der Waals surface area contributed by atoms with Crippen molar-refractivity contribution in [2.45, 2.75) is 20.3 Å². The van der Waals surface area contributed by atoms with Crippen LogP contribution in [0.2, 0.25) is 5.02 Å². The van der Waals surface area contributed by atoms with Crippen molar-refractivity contribution in [1.82, 2.24) is 9.88 Å². The topological polar surface area (TPSA) is 87.5 Å². The number of pyridine rings is 1. The molecule has 0 radical (unpaired) electrons. The Morgan fingerprint density at radius 1 is 1.48 bits per heavy atom. The van der Waals surface area contributed by atoms with Gasteiger partial charge in [-0.15, -0.1) is 0 Å². The van der Waals surface area contributed by atoms with Gasteiger partial charge in [0.2, 0.25) is 0 Å². The van der Waals surface area contributed by atoms with Crippen LogP contribution in [0.25, 0.3) is 0 Å². The molecule has 25 heavy (non-hydrogen) atoms. The van der Waals surface area contributed by atoms with E-state index >= 15 is 0 Å².